The van der Waals surface area contributed by atoms with Crippen LogP contribution in [0.4, 0.5) is 32.0 Å². The summed E-state index contributed by atoms with van der Waals surface area (Å²) in [6.45, 7) is 0. The van der Waals surface area contributed by atoms with Crippen LogP contribution in [0.2, 0.25) is 0 Å². The first-order valence-corrected chi connectivity index (χ1v) is 9.85. The molecule has 0 spiro atoms. The zero-order chi connectivity index (χ0) is 24.4. The molecule has 3 aromatic rings. The zero-order valence-electron chi connectivity index (χ0n) is 15.9. The smallest absolute Gasteiger partial charge is 0.433 e. The number of pyridine rings is 2. The molecule has 0 aliphatic heterocycles. The Morgan fingerprint density at radius 2 is 1.64 bits per heavy atom. The Morgan fingerprint density at radius 3 is 2.21 bits per heavy atom. The van der Waals surface area contributed by atoms with Gasteiger partial charge in [0.15, 0.2) is 10.7 Å². The highest BCUT2D eigenvalue weighted by Crippen LogP contribution is 2.36. The molecule has 0 saturated carbocycles. The van der Waals surface area contributed by atoms with Gasteiger partial charge in [-0.05, 0) is 36.4 Å². The Hall–Kier alpha value is -3.68. The first kappa shape index (κ1) is 24.0. The van der Waals surface area contributed by atoms with Gasteiger partial charge in [-0.25, -0.2) is 13.4 Å². The molecular formula is C19H11F6N3O4S. The number of ether oxygens (including phenoxy) is 1. The second kappa shape index (κ2) is 9.05. The van der Waals surface area contributed by atoms with Crippen molar-refractivity contribution in [3.05, 3.63) is 71.8 Å². The summed E-state index contributed by atoms with van der Waals surface area (Å²) in [7, 11) is -3.01. The van der Waals surface area contributed by atoms with Crippen molar-refractivity contribution in [2.24, 2.45) is 0 Å². The van der Waals surface area contributed by atoms with Crippen LogP contribution < -0.4 is 10.1 Å². The Bertz CT molecular complexity index is 1250. The van der Waals surface area contributed by atoms with E-state index in [1.807, 2.05) is 0 Å². The number of carbonyl (C=O) groups excluding carboxylic acids is 1. The molecule has 0 aliphatic rings. The molecule has 0 bridgehead atoms. The first-order chi connectivity index (χ1) is 15.3. The molecule has 0 unspecified atom stereocenters. The Morgan fingerprint density at radius 1 is 0.909 bits per heavy atom. The number of rotatable bonds is 5. The average molecular weight is 491 g/mol. The molecule has 0 aliphatic carbocycles. The quantitative estimate of drug-likeness (QED) is 0.402. The highest BCUT2D eigenvalue weighted by atomic mass is 32.2. The number of carbonyl (C=O) groups is 1. The van der Waals surface area contributed by atoms with Crippen molar-refractivity contribution >= 4 is 22.3 Å². The van der Waals surface area contributed by atoms with Crippen molar-refractivity contribution in [3.63, 3.8) is 0 Å². The van der Waals surface area contributed by atoms with E-state index < -0.39 is 51.5 Å². The molecule has 1 N–H and O–H groups in total. The van der Waals surface area contributed by atoms with E-state index in [1.165, 1.54) is 0 Å². The minimum Gasteiger partial charge on any atom is -0.455 e. The molecule has 7 nitrogen and oxygen atoms in total. The second-order valence-electron chi connectivity index (χ2n) is 6.33. The van der Waals surface area contributed by atoms with Crippen LogP contribution in [0.5, 0.6) is 11.5 Å². The van der Waals surface area contributed by atoms with Crippen molar-refractivity contribution < 1.29 is 44.3 Å². The molecule has 1 aromatic carbocycles. The number of aromatic nitrogens is 2. The van der Waals surface area contributed by atoms with Gasteiger partial charge in [0.1, 0.15) is 17.2 Å². The average Bonchev–Trinajstić information content (AvgIpc) is 2.73. The van der Waals surface area contributed by atoms with Gasteiger partial charge in [-0.2, -0.15) is 26.3 Å². The number of nitrogens with zero attached hydrogens (tertiary/aromatic N) is 2. The summed E-state index contributed by atoms with van der Waals surface area (Å²) in [5.74, 6) is -1.97. The first-order valence-electron chi connectivity index (χ1n) is 8.68. The van der Waals surface area contributed by atoms with E-state index >= 15 is 0 Å². The van der Waals surface area contributed by atoms with Crippen molar-refractivity contribution in [2.45, 2.75) is 17.2 Å². The van der Waals surface area contributed by atoms with E-state index in [-0.39, 0.29) is 16.3 Å². The van der Waals surface area contributed by atoms with Crippen LogP contribution >= 0.6 is 0 Å². The fraction of sp³-hybridized carbons (Fsp3) is 0.105. The summed E-state index contributed by atoms with van der Waals surface area (Å²) in [6.07, 6.45) is -6.78. The van der Waals surface area contributed by atoms with Crippen LogP contribution in [0.1, 0.15) is 21.6 Å². The monoisotopic (exact) mass is 491 g/mol. The van der Waals surface area contributed by atoms with E-state index in [9.17, 15) is 39.6 Å². The predicted molar refractivity (Wildman–Crippen MR) is 102 cm³/mol. The van der Waals surface area contributed by atoms with Crippen LogP contribution in [-0.4, -0.2) is 24.3 Å². The van der Waals surface area contributed by atoms with Gasteiger partial charge in [0.05, 0.1) is 34.1 Å². The summed E-state index contributed by atoms with van der Waals surface area (Å²) in [5.41, 5.74) is -2.92. The van der Waals surface area contributed by atoms with Crippen LogP contribution in [-0.2, 0) is 23.1 Å². The van der Waals surface area contributed by atoms with Crippen LogP contribution in [0.15, 0.2) is 59.9 Å². The van der Waals surface area contributed by atoms with E-state index in [4.69, 9.17) is 4.74 Å². The van der Waals surface area contributed by atoms with Gasteiger partial charge in [-0.3, -0.25) is 9.78 Å². The molecule has 14 heteroatoms. The highest BCUT2D eigenvalue weighted by Gasteiger charge is 2.33. The zero-order valence-corrected chi connectivity index (χ0v) is 16.8. The summed E-state index contributed by atoms with van der Waals surface area (Å²) in [5, 5.41) is 2.27. The van der Waals surface area contributed by atoms with E-state index in [1.54, 1.807) is 0 Å². The number of amides is 1. The van der Waals surface area contributed by atoms with Crippen LogP contribution in [0.25, 0.3) is 0 Å². The summed E-state index contributed by atoms with van der Waals surface area (Å²) in [6, 6.07) is 4.36. The predicted octanol–water partition coefficient (Wildman–Crippen LogP) is 4.53. The summed E-state index contributed by atoms with van der Waals surface area (Å²) < 4.78 is 105. The third-order valence-electron chi connectivity index (χ3n) is 4.00. The summed E-state index contributed by atoms with van der Waals surface area (Å²) >= 11 is 0. The lowest BCUT2D eigenvalue weighted by molar-refractivity contribution is -0.141. The Kier molecular flexibility index (Phi) is 6.58. The molecule has 33 heavy (non-hydrogen) atoms. The fourth-order valence-electron chi connectivity index (χ4n) is 2.50. The number of thiol groups is 1. The normalized spacial score (nSPS) is 12.0. The van der Waals surface area contributed by atoms with E-state index in [0.717, 1.165) is 30.6 Å². The molecular weight excluding hydrogens is 480 g/mol. The van der Waals surface area contributed by atoms with Gasteiger partial charge in [0.25, 0.3) is 5.91 Å². The molecule has 1 amide bonds. The number of benzene rings is 1. The number of anilines is 1. The minimum atomic E-state index is -4.80. The molecule has 0 atom stereocenters. The van der Waals surface area contributed by atoms with Gasteiger partial charge < -0.3 is 10.1 Å². The van der Waals surface area contributed by atoms with Gasteiger partial charge >= 0.3 is 12.4 Å². The topological polar surface area (TPSA) is 98.2 Å². The van der Waals surface area contributed by atoms with Crippen molar-refractivity contribution in [3.8, 4) is 11.5 Å². The summed E-state index contributed by atoms with van der Waals surface area (Å²) in [4.78, 5) is 19.2. The number of alkyl halides is 6. The van der Waals surface area contributed by atoms with Gasteiger partial charge in [-0.15, -0.1) is 0 Å². The third kappa shape index (κ3) is 5.97. The highest BCUT2D eigenvalue weighted by molar-refractivity contribution is 7.72. The third-order valence-corrected chi connectivity index (χ3v) is 4.67. The maximum Gasteiger partial charge on any atom is 0.433 e. The van der Waals surface area contributed by atoms with E-state index in [2.05, 4.69) is 15.3 Å². The lowest BCUT2D eigenvalue weighted by Gasteiger charge is -2.15. The lowest BCUT2D eigenvalue weighted by Crippen LogP contribution is -2.15. The Labute approximate surface area is 183 Å². The minimum absolute atomic E-state index is 0.0706. The molecule has 174 valence electrons. The van der Waals surface area contributed by atoms with Crippen LogP contribution in [0, 0.1) is 0 Å². The molecule has 2 aromatic heterocycles. The SMILES string of the molecule is O=C(Nc1cncc([SH](=O)=O)c1)c1ccc(C(F)(F)F)cc1Oc1ccc(C(F)(F)F)nc1. The molecule has 3 rings (SSSR count). The second-order valence-corrected chi connectivity index (χ2v) is 7.36. The molecule has 2 heterocycles. The number of hydrogen-bond donors (Lipinski definition) is 2. The molecule has 0 fully saturated rings. The molecule has 0 saturated heterocycles. The van der Waals surface area contributed by atoms with E-state index in [0.29, 0.717) is 24.4 Å². The largest absolute Gasteiger partial charge is 0.455 e. The maximum atomic E-state index is 13.1. The fourth-order valence-corrected chi connectivity index (χ4v) is 2.91. The van der Waals surface area contributed by atoms with Crippen molar-refractivity contribution in [1.29, 1.82) is 0 Å². The van der Waals surface area contributed by atoms with Crippen molar-refractivity contribution in [2.75, 3.05) is 5.32 Å². The van der Waals surface area contributed by atoms with Crippen molar-refractivity contribution in [1.82, 2.24) is 9.97 Å². The van der Waals surface area contributed by atoms with Gasteiger partial charge in [0.2, 0.25) is 0 Å². The number of nitrogens with one attached hydrogen (secondary N) is 1. The number of halogens is 6. The standard InChI is InChI=1S/C19H11F6N3O4S/c20-18(21,22)10-1-3-14(17(29)28-11-6-13(33(30)31)9-26-7-11)15(5-10)32-12-2-4-16(27-8-12)19(23,24)25/h1-9,33H,(H,28,29). The van der Waals surface area contributed by atoms with Crippen LogP contribution in [0.3, 0.4) is 0 Å². The lowest BCUT2D eigenvalue weighted by atomic mass is 10.1. The van der Waals surface area contributed by atoms with Gasteiger partial charge in [0, 0.05) is 6.20 Å². The van der Waals surface area contributed by atoms with Gasteiger partial charge in [-0.1, -0.05) is 0 Å². The number of hydrogen-bond acceptors (Lipinski definition) is 6. The molecule has 0 radical (unpaired) electrons. The maximum absolute atomic E-state index is 13.1. The Balaban J connectivity index is 1.96.